The van der Waals surface area contributed by atoms with Crippen molar-refractivity contribution in [1.82, 2.24) is 19.9 Å². The second-order valence-electron chi connectivity index (χ2n) is 7.51. The maximum atomic E-state index is 9.43. The minimum Gasteiger partial charge on any atom is -0.508 e. The first-order valence-electron chi connectivity index (χ1n) is 10.8. The van der Waals surface area contributed by atoms with Crippen LogP contribution in [0.1, 0.15) is 0 Å². The number of hydrogen-bond acceptors (Lipinski definition) is 10. The molecule has 12 heteroatoms. The van der Waals surface area contributed by atoms with Gasteiger partial charge in [-0.2, -0.15) is 0 Å². The molecule has 0 fully saturated rings. The smallest absolute Gasteiger partial charge is 0.151 e. The standard InChI is InChI=1S/C13H10BrN3OS.C12H8BrN3OS/c1-18-9-4-2-3-8(5-9)17-13-12-10(15-7-16-13)6-11(14)19-12;13-10-5-9-11(18-10)12(15-6-14-9)16-7-2-1-3-8(17)4-7/h2-7H,1H3,(H,15,16,17);1-6,17H,(H,14,15,16). The summed E-state index contributed by atoms with van der Waals surface area (Å²) in [6.07, 6.45) is 3.08. The Balaban J connectivity index is 0.000000152. The molecule has 4 aromatic heterocycles. The predicted octanol–water partition coefficient (Wildman–Crippen LogP) is 8.11. The molecule has 6 aromatic rings. The Labute approximate surface area is 236 Å². The van der Waals surface area contributed by atoms with Crippen LogP contribution in [0.25, 0.3) is 20.4 Å². The summed E-state index contributed by atoms with van der Waals surface area (Å²) in [5, 5.41) is 15.9. The highest BCUT2D eigenvalue weighted by Gasteiger charge is 2.09. The molecule has 8 nitrogen and oxygen atoms in total. The van der Waals surface area contributed by atoms with Crippen LogP contribution >= 0.6 is 54.5 Å². The fourth-order valence-corrected chi connectivity index (χ4v) is 6.36. The van der Waals surface area contributed by atoms with Crippen molar-refractivity contribution in [1.29, 1.82) is 0 Å². The summed E-state index contributed by atoms with van der Waals surface area (Å²) in [7, 11) is 1.65. The van der Waals surface area contributed by atoms with Gasteiger partial charge in [0.15, 0.2) is 11.6 Å². The average molecular weight is 658 g/mol. The number of anilines is 4. The minimum absolute atomic E-state index is 0.220. The Hall–Kier alpha value is -3.32. The molecule has 4 heterocycles. The number of thiophene rings is 2. The maximum Gasteiger partial charge on any atom is 0.151 e. The lowest BCUT2D eigenvalue weighted by atomic mass is 10.3. The fourth-order valence-electron chi connectivity index (χ4n) is 3.39. The number of methoxy groups -OCH3 is 1. The van der Waals surface area contributed by atoms with Crippen molar-refractivity contribution in [2.45, 2.75) is 0 Å². The fraction of sp³-hybridized carbons (Fsp3) is 0.0400. The molecule has 37 heavy (non-hydrogen) atoms. The third-order valence-corrected chi connectivity index (χ3v) is 8.27. The molecular weight excluding hydrogens is 640 g/mol. The van der Waals surface area contributed by atoms with Crippen LogP contribution in [-0.4, -0.2) is 32.2 Å². The highest BCUT2D eigenvalue weighted by Crippen LogP contribution is 2.35. The molecule has 0 saturated heterocycles. The number of fused-ring (bicyclic) bond motifs is 2. The van der Waals surface area contributed by atoms with E-state index < -0.39 is 0 Å². The molecule has 3 N–H and O–H groups in total. The molecule has 0 atom stereocenters. The number of aromatic hydroxyl groups is 1. The van der Waals surface area contributed by atoms with Crippen LogP contribution in [0, 0.1) is 0 Å². The normalized spacial score (nSPS) is 10.7. The van der Waals surface area contributed by atoms with Crippen molar-refractivity contribution in [2.75, 3.05) is 17.7 Å². The predicted molar refractivity (Wildman–Crippen MR) is 158 cm³/mol. The number of hydrogen-bond donors (Lipinski definition) is 3. The first-order chi connectivity index (χ1) is 18.0. The second-order valence-corrected chi connectivity index (χ2v) is 12.4. The molecule has 0 unspecified atom stereocenters. The summed E-state index contributed by atoms with van der Waals surface area (Å²) >= 11 is 10.1. The first-order valence-corrected chi connectivity index (χ1v) is 14.0. The molecule has 0 aliphatic rings. The lowest BCUT2D eigenvalue weighted by Crippen LogP contribution is -1.94. The number of halogens is 2. The summed E-state index contributed by atoms with van der Waals surface area (Å²) in [4.78, 5) is 17.0. The van der Waals surface area contributed by atoms with E-state index in [1.165, 1.54) is 6.33 Å². The summed E-state index contributed by atoms with van der Waals surface area (Å²) in [5.74, 6) is 2.57. The van der Waals surface area contributed by atoms with E-state index in [4.69, 9.17) is 4.74 Å². The van der Waals surface area contributed by atoms with Gasteiger partial charge < -0.3 is 20.5 Å². The van der Waals surface area contributed by atoms with Gasteiger partial charge in [-0.3, -0.25) is 0 Å². The SMILES string of the molecule is COc1cccc(Nc2ncnc3cc(Br)sc23)c1.Oc1cccc(Nc2ncnc3cc(Br)sc23)c1. The monoisotopic (exact) mass is 656 g/mol. The van der Waals surface area contributed by atoms with Crippen LogP contribution < -0.4 is 15.4 Å². The lowest BCUT2D eigenvalue weighted by molar-refractivity contribution is 0.415. The molecule has 0 aliphatic carbocycles. The maximum absolute atomic E-state index is 9.43. The average Bonchev–Trinajstić information content (AvgIpc) is 3.47. The largest absolute Gasteiger partial charge is 0.508 e. The van der Waals surface area contributed by atoms with Crippen molar-refractivity contribution < 1.29 is 9.84 Å². The van der Waals surface area contributed by atoms with E-state index in [0.29, 0.717) is 0 Å². The number of benzene rings is 2. The molecule has 0 amide bonds. The summed E-state index contributed by atoms with van der Waals surface area (Å²) < 4.78 is 9.26. The van der Waals surface area contributed by atoms with Crippen molar-refractivity contribution in [2.24, 2.45) is 0 Å². The van der Waals surface area contributed by atoms with E-state index in [1.54, 1.807) is 54.3 Å². The third-order valence-electron chi connectivity index (χ3n) is 5.00. The Morgan fingerprint density at radius 3 is 1.81 bits per heavy atom. The Morgan fingerprint density at radius 1 is 0.730 bits per heavy atom. The quantitative estimate of drug-likeness (QED) is 0.171. The van der Waals surface area contributed by atoms with Crippen molar-refractivity contribution in [3.8, 4) is 11.5 Å². The number of rotatable bonds is 5. The van der Waals surface area contributed by atoms with Crippen molar-refractivity contribution in [3.63, 3.8) is 0 Å². The Kier molecular flexibility index (Phi) is 7.79. The zero-order valence-corrected chi connectivity index (χ0v) is 23.9. The van der Waals surface area contributed by atoms with E-state index in [2.05, 4.69) is 62.4 Å². The van der Waals surface area contributed by atoms with E-state index in [9.17, 15) is 5.11 Å². The molecule has 0 aliphatic heterocycles. The Morgan fingerprint density at radius 2 is 1.27 bits per heavy atom. The van der Waals surface area contributed by atoms with E-state index in [0.717, 1.165) is 56.8 Å². The van der Waals surface area contributed by atoms with Crippen LogP contribution in [-0.2, 0) is 0 Å². The van der Waals surface area contributed by atoms with Crippen LogP contribution in [0.15, 0.2) is 80.9 Å². The Bertz CT molecular complexity index is 1690. The van der Waals surface area contributed by atoms with Gasteiger partial charge in [-0.25, -0.2) is 19.9 Å². The van der Waals surface area contributed by atoms with Crippen LogP contribution in [0.5, 0.6) is 11.5 Å². The second kappa shape index (κ2) is 11.4. The number of nitrogens with one attached hydrogen (secondary N) is 2. The summed E-state index contributed by atoms with van der Waals surface area (Å²) in [5.41, 5.74) is 3.55. The van der Waals surface area contributed by atoms with Crippen LogP contribution in [0.3, 0.4) is 0 Å². The topological polar surface area (TPSA) is 105 Å². The van der Waals surface area contributed by atoms with Gasteiger partial charge in [0.25, 0.3) is 0 Å². The summed E-state index contributed by atoms with van der Waals surface area (Å²) in [6, 6.07) is 18.6. The molecule has 2 aromatic carbocycles. The van der Waals surface area contributed by atoms with Gasteiger partial charge in [-0.15, -0.1) is 22.7 Å². The number of nitrogens with zero attached hydrogens (tertiary/aromatic N) is 4. The van der Waals surface area contributed by atoms with Gasteiger partial charge in [0.1, 0.15) is 24.2 Å². The highest BCUT2D eigenvalue weighted by atomic mass is 79.9. The van der Waals surface area contributed by atoms with Gasteiger partial charge in [-0.05, 0) is 68.3 Å². The van der Waals surface area contributed by atoms with E-state index in [1.807, 2.05) is 42.5 Å². The molecule has 0 spiro atoms. The number of ether oxygens (including phenoxy) is 1. The van der Waals surface area contributed by atoms with Gasteiger partial charge in [0.05, 0.1) is 35.1 Å². The molecule has 0 radical (unpaired) electrons. The zero-order valence-electron chi connectivity index (χ0n) is 19.1. The number of aromatic nitrogens is 4. The molecular formula is C25H18Br2N6O2S2. The van der Waals surface area contributed by atoms with Gasteiger partial charge in [0, 0.05) is 23.5 Å². The van der Waals surface area contributed by atoms with Gasteiger partial charge in [-0.1, -0.05) is 12.1 Å². The van der Waals surface area contributed by atoms with Crippen LogP contribution in [0.4, 0.5) is 23.0 Å². The van der Waals surface area contributed by atoms with E-state index >= 15 is 0 Å². The number of phenolic OH excluding ortho intramolecular Hbond substituents is 1. The van der Waals surface area contributed by atoms with Gasteiger partial charge in [0.2, 0.25) is 0 Å². The third kappa shape index (κ3) is 6.16. The van der Waals surface area contributed by atoms with E-state index in [-0.39, 0.29) is 5.75 Å². The zero-order chi connectivity index (χ0) is 25.8. The summed E-state index contributed by atoms with van der Waals surface area (Å²) in [6.45, 7) is 0. The molecule has 186 valence electrons. The molecule has 6 rings (SSSR count). The first kappa shape index (κ1) is 25.3. The number of phenols is 1. The van der Waals surface area contributed by atoms with Crippen LogP contribution in [0.2, 0.25) is 0 Å². The molecule has 0 saturated carbocycles. The lowest BCUT2D eigenvalue weighted by Gasteiger charge is -2.07. The minimum atomic E-state index is 0.220. The molecule has 0 bridgehead atoms. The van der Waals surface area contributed by atoms with Crippen molar-refractivity contribution >= 4 is 98.0 Å². The van der Waals surface area contributed by atoms with Gasteiger partial charge >= 0.3 is 0 Å². The van der Waals surface area contributed by atoms with Crippen molar-refractivity contribution in [3.05, 3.63) is 80.9 Å². The highest BCUT2D eigenvalue weighted by molar-refractivity contribution is 9.11.